The largest absolute Gasteiger partial charge is 0.490 e. The van der Waals surface area contributed by atoms with Gasteiger partial charge >= 0.3 is 0 Å². The molecule has 0 unspecified atom stereocenters. The second-order valence-corrected chi connectivity index (χ2v) is 4.09. The van der Waals surface area contributed by atoms with E-state index in [9.17, 15) is 4.39 Å². The van der Waals surface area contributed by atoms with Crippen LogP contribution in [0.15, 0.2) is 42.5 Å². The minimum absolute atomic E-state index is 0.00623. The third kappa shape index (κ3) is 3.18. The molecule has 0 aliphatic carbocycles. The van der Waals surface area contributed by atoms with Gasteiger partial charge in [0.15, 0.2) is 0 Å². The molecule has 0 aliphatic rings. The minimum Gasteiger partial charge on any atom is -0.490 e. The number of anilines is 2. The molecule has 20 heavy (non-hydrogen) atoms. The predicted octanol–water partition coefficient (Wildman–Crippen LogP) is 2.77. The van der Waals surface area contributed by atoms with Gasteiger partial charge in [-0.25, -0.2) is 4.39 Å². The Labute approximate surface area is 116 Å². The summed E-state index contributed by atoms with van der Waals surface area (Å²) in [6, 6.07) is 13.5. The molecule has 2 aromatic rings. The van der Waals surface area contributed by atoms with Gasteiger partial charge in [0.05, 0.1) is 11.4 Å². The van der Waals surface area contributed by atoms with Crippen molar-refractivity contribution in [3.05, 3.63) is 53.8 Å². The lowest BCUT2D eigenvalue weighted by Gasteiger charge is -2.11. The highest BCUT2D eigenvalue weighted by molar-refractivity contribution is 5.58. The van der Waals surface area contributed by atoms with Gasteiger partial charge in [-0.05, 0) is 24.3 Å². The van der Waals surface area contributed by atoms with E-state index < -0.39 is 5.82 Å². The van der Waals surface area contributed by atoms with Gasteiger partial charge in [0.1, 0.15) is 29.8 Å². The highest BCUT2D eigenvalue weighted by Crippen LogP contribution is 2.20. The number of nitrogen functional groups attached to an aromatic ring is 1. The molecular weight excluding hydrogens is 257 g/mol. The first-order chi connectivity index (χ1) is 9.72. The van der Waals surface area contributed by atoms with Gasteiger partial charge in [0.25, 0.3) is 0 Å². The Morgan fingerprint density at radius 3 is 2.75 bits per heavy atom. The fourth-order valence-corrected chi connectivity index (χ4v) is 1.74. The molecule has 0 saturated heterocycles. The molecule has 0 atom stereocenters. The number of halogens is 1. The summed E-state index contributed by atoms with van der Waals surface area (Å²) in [5.74, 6) is 0.0692. The average molecular weight is 271 g/mol. The zero-order valence-electron chi connectivity index (χ0n) is 10.8. The van der Waals surface area contributed by atoms with E-state index >= 15 is 0 Å². The zero-order chi connectivity index (χ0) is 14.4. The molecule has 4 nitrogen and oxygen atoms in total. The van der Waals surface area contributed by atoms with Gasteiger partial charge in [-0.1, -0.05) is 18.2 Å². The van der Waals surface area contributed by atoms with Crippen LogP contribution in [-0.4, -0.2) is 13.2 Å². The predicted molar refractivity (Wildman–Crippen MR) is 76.0 cm³/mol. The van der Waals surface area contributed by atoms with Crippen LogP contribution >= 0.6 is 0 Å². The molecule has 102 valence electrons. The number of nitrogens with zero attached hydrogens (tertiary/aromatic N) is 1. The molecule has 3 N–H and O–H groups in total. The molecule has 0 heterocycles. The molecule has 5 heteroatoms. The van der Waals surface area contributed by atoms with Crippen molar-refractivity contribution < 1.29 is 9.13 Å². The number of hydrogen-bond acceptors (Lipinski definition) is 4. The number of rotatable bonds is 5. The van der Waals surface area contributed by atoms with Gasteiger partial charge in [-0.2, -0.15) is 5.26 Å². The molecule has 0 amide bonds. The van der Waals surface area contributed by atoms with Crippen molar-refractivity contribution in [2.45, 2.75) is 0 Å². The van der Waals surface area contributed by atoms with Crippen molar-refractivity contribution in [1.82, 2.24) is 0 Å². The molecule has 2 rings (SSSR count). The number of para-hydroxylation sites is 2. The lowest BCUT2D eigenvalue weighted by Crippen LogP contribution is -2.13. The van der Waals surface area contributed by atoms with Crippen LogP contribution in [-0.2, 0) is 0 Å². The quantitative estimate of drug-likeness (QED) is 0.648. The summed E-state index contributed by atoms with van der Waals surface area (Å²) in [4.78, 5) is 0. The summed E-state index contributed by atoms with van der Waals surface area (Å²) in [6.07, 6.45) is 0. The summed E-state index contributed by atoms with van der Waals surface area (Å²) < 4.78 is 18.9. The Morgan fingerprint density at radius 1 is 1.20 bits per heavy atom. The number of ether oxygens (including phenoxy) is 1. The van der Waals surface area contributed by atoms with E-state index in [1.807, 2.05) is 18.2 Å². The van der Waals surface area contributed by atoms with Crippen LogP contribution in [0.25, 0.3) is 0 Å². The van der Waals surface area contributed by atoms with E-state index in [2.05, 4.69) is 5.32 Å². The fourth-order valence-electron chi connectivity index (χ4n) is 1.74. The molecule has 0 aromatic heterocycles. The second kappa shape index (κ2) is 6.43. The average Bonchev–Trinajstić information content (AvgIpc) is 2.45. The smallest absolute Gasteiger partial charge is 0.143 e. The van der Waals surface area contributed by atoms with Crippen LogP contribution in [0.5, 0.6) is 5.75 Å². The first-order valence-corrected chi connectivity index (χ1v) is 6.12. The number of hydrogen-bond donors (Lipinski definition) is 2. The van der Waals surface area contributed by atoms with E-state index in [1.54, 1.807) is 24.3 Å². The fraction of sp³-hybridized carbons (Fsp3) is 0.133. The Hall–Kier alpha value is -2.74. The topological polar surface area (TPSA) is 71.1 Å². The maximum Gasteiger partial charge on any atom is 0.143 e. The van der Waals surface area contributed by atoms with E-state index in [0.717, 1.165) is 0 Å². The van der Waals surface area contributed by atoms with E-state index in [1.165, 1.54) is 6.07 Å². The third-order valence-electron chi connectivity index (χ3n) is 2.72. The molecule has 0 saturated carbocycles. The molecule has 0 bridgehead atoms. The first kappa shape index (κ1) is 13.7. The minimum atomic E-state index is -0.536. The van der Waals surface area contributed by atoms with Crippen molar-refractivity contribution in [3.63, 3.8) is 0 Å². The molecule has 0 spiro atoms. The third-order valence-corrected chi connectivity index (χ3v) is 2.72. The van der Waals surface area contributed by atoms with Gasteiger partial charge in [-0.3, -0.25) is 0 Å². The molecular formula is C15H14FN3O. The van der Waals surface area contributed by atoms with Crippen LogP contribution in [0.3, 0.4) is 0 Å². The van der Waals surface area contributed by atoms with Crippen molar-refractivity contribution in [1.29, 1.82) is 5.26 Å². The Bertz CT molecular complexity index is 637. The van der Waals surface area contributed by atoms with Crippen molar-refractivity contribution in [2.75, 3.05) is 24.2 Å². The summed E-state index contributed by atoms with van der Waals surface area (Å²) in [5.41, 5.74) is 6.77. The van der Waals surface area contributed by atoms with Gasteiger partial charge < -0.3 is 15.8 Å². The molecule has 0 radical (unpaired) electrons. The number of benzene rings is 2. The van der Waals surface area contributed by atoms with E-state index in [4.69, 9.17) is 15.7 Å². The summed E-state index contributed by atoms with van der Waals surface area (Å²) in [5, 5.41) is 11.9. The molecule has 0 aliphatic heterocycles. The van der Waals surface area contributed by atoms with Gasteiger partial charge in [0.2, 0.25) is 0 Å². The maximum atomic E-state index is 13.4. The van der Waals surface area contributed by atoms with Gasteiger partial charge in [-0.15, -0.1) is 0 Å². The molecule has 2 aromatic carbocycles. The normalized spacial score (nSPS) is 9.80. The van der Waals surface area contributed by atoms with E-state index in [0.29, 0.717) is 30.3 Å². The summed E-state index contributed by atoms with van der Waals surface area (Å²) in [7, 11) is 0. The standard InChI is InChI=1S/C15H14FN3O/c16-12-4-3-6-14(11(12)10-17)19-8-9-20-15-7-2-1-5-13(15)18/h1-7,19H,8-9,18H2. The molecule has 0 fully saturated rings. The highest BCUT2D eigenvalue weighted by Gasteiger charge is 2.06. The number of nitriles is 1. The number of nitrogens with two attached hydrogens (primary N) is 1. The highest BCUT2D eigenvalue weighted by atomic mass is 19.1. The van der Waals surface area contributed by atoms with Crippen LogP contribution in [0.2, 0.25) is 0 Å². The maximum absolute atomic E-state index is 13.4. The van der Waals surface area contributed by atoms with Crippen molar-refractivity contribution in [3.8, 4) is 11.8 Å². The number of nitrogens with one attached hydrogen (secondary N) is 1. The SMILES string of the molecule is N#Cc1c(F)cccc1NCCOc1ccccc1N. The van der Waals surface area contributed by atoms with Gasteiger partial charge in [0, 0.05) is 6.54 Å². The Kier molecular flexibility index (Phi) is 4.40. The van der Waals surface area contributed by atoms with Crippen LogP contribution in [0.1, 0.15) is 5.56 Å². The lowest BCUT2D eigenvalue weighted by molar-refractivity contribution is 0.334. The summed E-state index contributed by atoms with van der Waals surface area (Å²) in [6.45, 7) is 0.794. The Morgan fingerprint density at radius 2 is 2.00 bits per heavy atom. The van der Waals surface area contributed by atoms with Crippen LogP contribution in [0, 0.1) is 17.1 Å². The van der Waals surface area contributed by atoms with Crippen molar-refractivity contribution in [2.24, 2.45) is 0 Å². The van der Waals surface area contributed by atoms with Crippen molar-refractivity contribution >= 4 is 11.4 Å². The van der Waals surface area contributed by atoms with Crippen LogP contribution in [0.4, 0.5) is 15.8 Å². The Balaban J connectivity index is 1.90. The summed E-state index contributed by atoms with van der Waals surface area (Å²) >= 11 is 0. The monoisotopic (exact) mass is 271 g/mol. The van der Waals surface area contributed by atoms with Crippen LogP contribution < -0.4 is 15.8 Å². The zero-order valence-corrected chi connectivity index (χ0v) is 10.8. The van der Waals surface area contributed by atoms with E-state index in [-0.39, 0.29) is 5.56 Å². The first-order valence-electron chi connectivity index (χ1n) is 6.12. The second-order valence-electron chi connectivity index (χ2n) is 4.09. The lowest BCUT2D eigenvalue weighted by atomic mass is 10.2.